The van der Waals surface area contributed by atoms with Gasteiger partial charge in [-0.25, -0.2) is 4.79 Å². The van der Waals surface area contributed by atoms with Crippen LogP contribution < -0.4 is 0 Å². The highest BCUT2D eigenvalue weighted by Gasteiger charge is 2.50. The van der Waals surface area contributed by atoms with Crippen molar-refractivity contribution in [1.82, 2.24) is 0 Å². The van der Waals surface area contributed by atoms with Crippen LogP contribution in [0.3, 0.4) is 0 Å². The fourth-order valence-corrected chi connectivity index (χ4v) is 7.94. The Kier molecular flexibility index (Phi) is 48.3. The van der Waals surface area contributed by atoms with E-state index >= 15 is 0 Å². The molecular formula is C67H102O12. The maximum absolute atomic E-state index is 13.1. The Balaban J connectivity index is 2.74. The first-order valence-corrected chi connectivity index (χ1v) is 29.8. The van der Waals surface area contributed by atoms with Gasteiger partial charge in [0, 0.05) is 19.3 Å². The van der Waals surface area contributed by atoms with Crippen LogP contribution in [0.1, 0.15) is 201 Å². The van der Waals surface area contributed by atoms with E-state index in [2.05, 4.69) is 154 Å². The van der Waals surface area contributed by atoms with E-state index in [4.69, 9.17) is 23.7 Å². The molecule has 1 saturated heterocycles. The van der Waals surface area contributed by atoms with Gasteiger partial charge < -0.3 is 39.0 Å². The Bertz CT molecular complexity index is 1930. The molecule has 0 spiro atoms. The van der Waals surface area contributed by atoms with E-state index in [1.807, 2.05) is 12.2 Å². The van der Waals surface area contributed by atoms with Gasteiger partial charge in [0.1, 0.15) is 18.8 Å². The van der Waals surface area contributed by atoms with Crippen molar-refractivity contribution in [3.63, 3.8) is 0 Å². The van der Waals surface area contributed by atoms with E-state index < -0.39 is 67.3 Å². The summed E-state index contributed by atoms with van der Waals surface area (Å²) in [6.07, 6.45) is 63.9. The van der Waals surface area contributed by atoms with Gasteiger partial charge in [-0.05, 0) is 128 Å². The number of carbonyl (C=O) groups excluding carboxylic acids is 3. The number of aliphatic hydroxyl groups excluding tert-OH is 2. The molecule has 1 aliphatic rings. The molecule has 0 aromatic rings. The number of ether oxygens (including phenoxy) is 5. The quantitative estimate of drug-likeness (QED) is 0.0228. The number of carboxylic acids is 1. The minimum atomic E-state index is -1.94. The second-order valence-electron chi connectivity index (χ2n) is 19.5. The van der Waals surface area contributed by atoms with Crippen molar-refractivity contribution in [2.75, 3.05) is 13.2 Å². The average molecular weight is 1100 g/mol. The number of esters is 3. The molecule has 442 valence electrons. The second kappa shape index (κ2) is 53.3. The first-order valence-electron chi connectivity index (χ1n) is 29.8. The standard InChI is InChI=1S/C67H102O12/c1-4-7-10-13-16-19-22-25-27-29-30-32-33-36-38-41-44-47-50-53-59(68)75-56-58(77-60(69)54-51-48-45-42-39-35-24-21-18-15-12-9-6-3)57-76-67-65(63(72)62(71)64(79-67)66(73)74)78-61(70)55-52-49-46-43-40-37-34-31-28-26-23-20-17-14-11-8-5-2/h7-12,16-21,25-28,30,32,34-35,37,39,43,46,58,62-65,67,71-72H,4-6,13-15,22-24,29,31,33,36,38,40-42,44-45,47-57H2,1-3H3,(H,73,74)/b10-7-,11-8-,12-9-,19-16-,20-17-,21-18-,27-25-,28-26-,32-30-,37-34-,39-35-,46-43-. The normalized spacial score (nSPS) is 18.9. The number of aliphatic carboxylic acids is 1. The molecule has 0 bridgehead atoms. The van der Waals surface area contributed by atoms with Crippen LogP contribution in [-0.4, -0.2) is 89.2 Å². The largest absolute Gasteiger partial charge is 0.479 e. The monoisotopic (exact) mass is 1100 g/mol. The molecule has 0 aromatic carbocycles. The van der Waals surface area contributed by atoms with Gasteiger partial charge in [-0.3, -0.25) is 14.4 Å². The number of aliphatic hydroxyl groups is 2. The minimum Gasteiger partial charge on any atom is -0.479 e. The Hall–Kier alpha value is -5.40. The van der Waals surface area contributed by atoms with Crippen LogP contribution in [0.4, 0.5) is 0 Å². The molecule has 1 heterocycles. The van der Waals surface area contributed by atoms with Crippen LogP contribution in [0.25, 0.3) is 0 Å². The first-order chi connectivity index (χ1) is 38.6. The summed E-state index contributed by atoms with van der Waals surface area (Å²) in [4.78, 5) is 51.1. The van der Waals surface area contributed by atoms with E-state index in [1.54, 1.807) is 0 Å². The molecule has 0 saturated carbocycles. The molecule has 6 atom stereocenters. The van der Waals surface area contributed by atoms with Crippen molar-refractivity contribution in [2.45, 2.75) is 237 Å². The third-order valence-corrected chi connectivity index (χ3v) is 12.4. The summed E-state index contributed by atoms with van der Waals surface area (Å²) < 4.78 is 28.3. The van der Waals surface area contributed by atoms with Gasteiger partial charge in [-0.1, -0.05) is 199 Å². The van der Waals surface area contributed by atoms with Crippen LogP contribution in [0.5, 0.6) is 0 Å². The Morgan fingerprint density at radius 3 is 1.20 bits per heavy atom. The second-order valence-corrected chi connectivity index (χ2v) is 19.5. The van der Waals surface area contributed by atoms with Crippen molar-refractivity contribution < 1.29 is 58.2 Å². The SMILES string of the molecule is CC/C=C\C/C=C\C/C=C\C/C=C\C/C=C\CCCC(=O)OC1C(OCC(COC(=O)CCCCCCCC/C=C\C/C=C\C/C=C\C/C=C\CC)OC(=O)CCCCC/C=C\C/C=C\C/C=C\CC)OC(C(=O)O)C(O)C1O. The summed E-state index contributed by atoms with van der Waals surface area (Å²) in [5.74, 6) is -3.28. The molecule has 0 aliphatic carbocycles. The molecule has 1 fully saturated rings. The maximum Gasteiger partial charge on any atom is 0.335 e. The van der Waals surface area contributed by atoms with Gasteiger partial charge in [-0.15, -0.1) is 0 Å². The third-order valence-electron chi connectivity index (χ3n) is 12.4. The Morgan fingerprint density at radius 1 is 0.418 bits per heavy atom. The summed E-state index contributed by atoms with van der Waals surface area (Å²) in [5, 5.41) is 31.5. The molecule has 1 rings (SSSR count). The molecule has 12 nitrogen and oxygen atoms in total. The summed E-state index contributed by atoms with van der Waals surface area (Å²) >= 11 is 0. The number of unbranched alkanes of at least 4 members (excludes halogenated alkanes) is 10. The van der Waals surface area contributed by atoms with E-state index in [0.29, 0.717) is 25.7 Å². The number of hydrogen-bond donors (Lipinski definition) is 3. The third kappa shape index (κ3) is 43.1. The number of carbonyl (C=O) groups is 4. The maximum atomic E-state index is 13.1. The van der Waals surface area contributed by atoms with Crippen LogP contribution in [0.15, 0.2) is 146 Å². The fourth-order valence-electron chi connectivity index (χ4n) is 7.94. The van der Waals surface area contributed by atoms with Crippen LogP contribution in [0, 0.1) is 0 Å². The molecule has 0 radical (unpaired) electrons. The van der Waals surface area contributed by atoms with Crippen LogP contribution in [-0.2, 0) is 42.9 Å². The predicted molar refractivity (Wildman–Crippen MR) is 321 cm³/mol. The summed E-state index contributed by atoms with van der Waals surface area (Å²) in [5.41, 5.74) is 0. The highest BCUT2D eigenvalue weighted by molar-refractivity contribution is 5.74. The van der Waals surface area contributed by atoms with Crippen molar-refractivity contribution in [2.24, 2.45) is 0 Å². The van der Waals surface area contributed by atoms with Gasteiger partial charge in [-0.2, -0.15) is 0 Å². The Morgan fingerprint density at radius 2 is 0.772 bits per heavy atom. The average Bonchev–Trinajstić information content (AvgIpc) is 3.46. The van der Waals surface area contributed by atoms with E-state index in [1.165, 1.54) is 0 Å². The highest BCUT2D eigenvalue weighted by Crippen LogP contribution is 2.26. The Labute approximate surface area is 476 Å². The van der Waals surface area contributed by atoms with E-state index in [-0.39, 0.29) is 25.9 Å². The highest BCUT2D eigenvalue weighted by atomic mass is 16.7. The van der Waals surface area contributed by atoms with Gasteiger partial charge in [0.15, 0.2) is 24.6 Å². The number of hydrogen-bond acceptors (Lipinski definition) is 11. The number of allylic oxidation sites excluding steroid dienone is 24. The number of rotatable bonds is 48. The lowest BCUT2D eigenvalue weighted by Gasteiger charge is -2.40. The fraction of sp³-hybridized carbons (Fsp3) is 0.582. The zero-order chi connectivity index (χ0) is 57.5. The van der Waals surface area contributed by atoms with Crippen molar-refractivity contribution in [3.05, 3.63) is 146 Å². The molecule has 1 aliphatic heterocycles. The van der Waals surface area contributed by atoms with Gasteiger partial charge in [0.2, 0.25) is 0 Å². The van der Waals surface area contributed by atoms with Gasteiger partial charge >= 0.3 is 23.9 Å². The number of carboxylic acid groups (broad SMARTS) is 1. The molecule has 0 amide bonds. The summed E-state index contributed by atoms with van der Waals surface area (Å²) in [6.45, 7) is 5.57. The zero-order valence-electron chi connectivity index (χ0n) is 48.5. The topological polar surface area (TPSA) is 175 Å². The molecule has 0 aromatic heterocycles. The van der Waals surface area contributed by atoms with Crippen molar-refractivity contribution in [1.29, 1.82) is 0 Å². The lowest BCUT2D eigenvalue weighted by Crippen LogP contribution is -2.61. The van der Waals surface area contributed by atoms with Crippen LogP contribution in [0.2, 0.25) is 0 Å². The first kappa shape index (κ1) is 71.6. The van der Waals surface area contributed by atoms with E-state index in [0.717, 1.165) is 135 Å². The summed E-state index contributed by atoms with van der Waals surface area (Å²) in [6, 6.07) is 0. The smallest absolute Gasteiger partial charge is 0.335 e. The molecule has 6 unspecified atom stereocenters. The predicted octanol–water partition coefficient (Wildman–Crippen LogP) is 15.6. The van der Waals surface area contributed by atoms with Gasteiger partial charge in [0.05, 0.1) is 6.61 Å². The van der Waals surface area contributed by atoms with Crippen molar-refractivity contribution in [3.8, 4) is 0 Å². The molecule has 12 heteroatoms. The zero-order valence-corrected chi connectivity index (χ0v) is 48.5. The van der Waals surface area contributed by atoms with Gasteiger partial charge in [0.25, 0.3) is 0 Å². The molecular weight excluding hydrogens is 997 g/mol. The van der Waals surface area contributed by atoms with Crippen molar-refractivity contribution >= 4 is 23.9 Å². The van der Waals surface area contributed by atoms with Crippen LogP contribution >= 0.6 is 0 Å². The molecule has 79 heavy (non-hydrogen) atoms. The minimum absolute atomic E-state index is 0.0313. The lowest BCUT2D eigenvalue weighted by atomic mass is 9.98. The summed E-state index contributed by atoms with van der Waals surface area (Å²) in [7, 11) is 0. The van der Waals surface area contributed by atoms with E-state index in [9.17, 15) is 34.5 Å². The molecule has 3 N–H and O–H groups in total. The lowest BCUT2D eigenvalue weighted by molar-refractivity contribution is -0.301.